The van der Waals surface area contributed by atoms with Crippen molar-refractivity contribution in [1.82, 2.24) is 5.43 Å². The predicted molar refractivity (Wildman–Crippen MR) is 73.8 cm³/mol. The molecule has 0 aliphatic heterocycles. The highest BCUT2D eigenvalue weighted by molar-refractivity contribution is 7.80. The van der Waals surface area contributed by atoms with E-state index in [0.29, 0.717) is 5.11 Å². The van der Waals surface area contributed by atoms with Gasteiger partial charge in [-0.25, -0.2) is 0 Å². The summed E-state index contributed by atoms with van der Waals surface area (Å²) in [4.78, 5) is 0. The maximum absolute atomic E-state index is 5.11. The highest BCUT2D eigenvalue weighted by Crippen LogP contribution is 2.04. The lowest BCUT2D eigenvalue weighted by molar-refractivity contribution is 0.949. The second kappa shape index (κ2) is 6.95. The Morgan fingerprint density at radius 2 is 2.00 bits per heavy atom. The summed E-state index contributed by atoms with van der Waals surface area (Å²) >= 11 is 5.11. The molecule has 0 aromatic heterocycles. The zero-order valence-corrected chi connectivity index (χ0v) is 10.5. The van der Waals surface area contributed by atoms with E-state index in [1.807, 2.05) is 37.3 Å². The minimum absolute atomic E-state index is 0.515. The molecule has 3 nitrogen and oxygen atoms in total. The number of anilines is 1. The Hall–Kier alpha value is -1.42. The maximum atomic E-state index is 5.11. The molecular weight excluding hydrogens is 218 g/mol. The van der Waals surface area contributed by atoms with E-state index in [2.05, 4.69) is 22.8 Å². The molecule has 0 amide bonds. The van der Waals surface area contributed by atoms with Crippen LogP contribution in [-0.2, 0) is 0 Å². The summed E-state index contributed by atoms with van der Waals surface area (Å²) in [6, 6.07) is 9.78. The van der Waals surface area contributed by atoms with Crippen molar-refractivity contribution in [2.45, 2.75) is 26.7 Å². The molecule has 0 unspecified atom stereocenters. The Morgan fingerprint density at radius 1 is 1.31 bits per heavy atom. The number of hydrogen-bond donors (Lipinski definition) is 2. The fourth-order valence-corrected chi connectivity index (χ4v) is 1.41. The van der Waals surface area contributed by atoms with E-state index in [9.17, 15) is 0 Å². The Kier molecular flexibility index (Phi) is 5.50. The first-order chi connectivity index (χ1) is 7.72. The highest BCUT2D eigenvalue weighted by atomic mass is 32.1. The Labute approximate surface area is 102 Å². The zero-order valence-electron chi connectivity index (χ0n) is 9.66. The van der Waals surface area contributed by atoms with Gasteiger partial charge < -0.3 is 5.32 Å². The second-order valence-electron chi connectivity index (χ2n) is 3.53. The standard InChI is InChI=1S/C12H17N3S/c1-3-7-10(2)14-15-12(16)13-11-8-5-4-6-9-11/h4-6,8-9H,3,7H2,1-2H3,(H2,13,15,16)/b14-10+. The summed E-state index contributed by atoms with van der Waals surface area (Å²) in [6.07, 6.45) is 2.08. The lowest BCUT2D eigenvalue weighted by Crippen LogP contribution is -2.24. The molecule has 0 fully saturated rings. The number of hydrogen-bond acceptors (Lipinski definition) is 2. The molecule has 0 spiro atoms. The van der Waals surface area contributed by atoms with Crippen LogP contribution in [0.25, 0.3) is 0 Å². The highest BCUT2D eigenvalue weighted by Gasteiger charge is 1.95. The third-order valence-electron chi connectivity index (χ3n) is 1.99. The largest absolute Gasteiger partial charge is 0.331 e. The van der Waals surface area contributed by atoms with Crippen LogP contribution in [0, 0.1) is 0 Å². The first-order valence-corrected chi connectivity index (χ1v) is 5.78. The summed E-state index contributed by atoms with van der Waals surface area (Å²) in [5.74, 6) is 0. The summed E-state index contributed by atoms with van der Waals surface area (Å²) in [5.41, 5.74) is 4.84. The molecule has 0 atom stereocenters. The molecule has 0 saturated heterocycles. The van der Waals surface area contributed by atoms with Crippen LogP contribution in [-0.4, -0.2) is 10.8 Å². The summed E-state index contributed by atoms with van der Waals surface area (Å²) in [5, 5.41) is 7.74. The molecule has 2 N–H and O–H groups in total. The number of para-hydroxylation sites is 1. The number of nitrogens with one attached hydrogen (secondary N) is 2. The van der Waals surface area contributed by atoms with Gasteiger partial charge >= 0.3 is 0 Å². The van der Waals surface area contributed by atoms with E-state index >= 15 is 0 Å². The van der Waals surface area contributed by atoms with Crippen LogP contribution < -0.4 is 10.7 Å². The quantitative estimate of drug-likeness (QED) is 0.478. The van der Waals surface area contributed by atoms with Gasteiger partial charge in [-0.2, -0.15) is 5.10 Å². The average Bonchev–Trinajstić information content (AvgIpc) is 2.28. The first-order valence-electron chi connectivity index (χ1n) is 5.37. The lowest BCUT2D eigenvalue weighted by Gasteiger charge is -2.07. The Morgan fingerprint density at radius 3 is 2.62 bits per heavy atom. The van der Waals surface area contributed by atoms with Crippen molar-refractivity contribution in [2.75, 3.05) is 5.32 Å². The number of nitrogens with zero attached hydrogens (tertiary/aromatic N) is 1. The van der Waals surface area contributed by atoms with Crippen LogP contribution in [0.4, 0.5) is 5.69 Å². The van der Waals surface area contributed by atoms with Gasteiger partial charge in [0, 0.05) is 11.4 Å². The normalized spacial score (nSPS) is 11.0. The molecule has 0 aliphatic rings. The van der Waals surface area contributed by atoms with Crippen LogP contribution in [0.1, 0.15) is 26.7 Å². The molecule has 86 valence electrons. The summed E-state index contributed by atoms with van der Waals surface area (Å²) in [7, 11) is 0. The molecule has 0 heterocycles. The minimum atomic E-state index is 0.515. The van der Waals surface area contributed by atoms with Crippen molar-refractivity contribution in [3.05, 3.63) is 30.3 Å². The van der Waals surface area contributed by atoms with Gasteiger partial charge in [0.1, 0.15) is 0 Å². The molecule has 1 aromatic rings. The third-order valence-corrected chi connectivity index (χ3v) is 2.19. The maximum Gasteiger partial charge on any atom is 0.191 e. The zero-order chi connectivity index (χ0) is 11.8. The molecule has 1 rings (SSSR count). The Bertz CT molecular complexity index is 360. The van der Waals surface area contributed by atoms with Crippen molar-refractivity contribution >= 4 is 28.7 Å². The molecule has 0 aliphatic carbocycles. The minimum Gasteiger partial charge on any atom is -0.331 e. The van der Waals surface area contributed by atoms with E-state index in [4.69, 9.17) is 12.2 Å². The van der Waals surface area contributed by atoms with E-state index in [0.717, 1.165) is 24.2 Å². The number of benzene rings is 1. The SMILES string of the molecule is CCC/C(C)=N/NC(=S)Nc1ccccc1. The fourth-order valence-electron chi connectivity index (χ4n) is 1.24. The molecule has 16 heavy (non-hydrogen) atoms. The summed E-state index contributed by atoms with van der Waals surface area (Å²) < 4.78 is 0. The van der Waals surface area contributed by atoms with Gasteiger partial charge in [-0.15, -0.1) is 0 Å². The molecule has 1 aromatic carbocycles. The Balaban J connectivity index is 2.40. The third kappa shape index (κ3) is 4.89. The monoisotopic (exact) mass is 235 g/mol. The van der Waals surface area contributed by atoms with E-state index in [-0.39, 0.29) is 0 Å². The van der Waals surface area contributed by atoms with E-state index in [1.54, 1.807) is 0 Å². The smallest absolute Gasteiger partial charge is 0.191 e. The van der Waals surface area contributed by atoms with Crippen molar-refractivity contribution in [3.63, 3.8) is 0 Å². The van der Waals surface area contributed by atoms with Gasteiger partial charge in [0.15, 0.2) is 5.11 Å². The lowest BCUT2D eigenvalue weighted by atomic mass is 10.2. The molecular formula is C12H17N3S. The van der Waals surface area contributed by atoms with Gasteiger partial charge in [-0.1, -0.05) is 31.5 Å². The van der Waals surface area contributed by atoms with Crippen LogP contribution in [0.5, 0.6) is 0 Å². The van der Waals surface area contributed by atoms with Crippen LogP contribution in [0.15, 0.2) is 35.4 Å². The fraction of sp³-hybridized carbons (Fsp3) is 0.333. The second-order valence-corrected chi connectivity index (χ2v) is 3.94. The van der Waals surface area contributed by atoms with Crippen molar-refractivity contribution in [3.8, 4) is 0 Å². The number of rotatable bonds is 4. The van der Waals surface area contributed by atoms with E-state index in [1.165, 1.54) is 0 Å². The van der Waals surface area contributed by atoms with Crippen molar-refractivity contribution in [2.24, 2.45) is 5.10 Å². The van der Waals surface area contributed by atoms with E-state index < -0.39 is 0 Å². The summed E-state index contributed by atoms with van der Waals surface area (Å²) in [6.45, 7) is 4.11. The molecule has 0 saturated carbocycles. The first kappa shape index (κ1) is 12.6. The molecule has 0 radical (unpaired) electrons. The van der Waals surface area contributed by atoms with Gasteiger partial charge in [0.05, 0.1) is 0 Å². The predicted octanol–water partition coefficient (Wildman–Crippen LogP) is 3.15. The number of thiocarbonyl (C=S) groups is 1. The molecule has 4 heteroatoms. The van der Waals surface area contributed by atoms with Crippen LogP contribution >= 0.6 is 12.2 Å². The van der Waals surface area contributed by atoms with Crippen LogP contribution in [0.3, 0.4) is 0 Å². The number of hydrazone groups is 1. The van der Waals surface area contributed by atoms with Gasteiger partial charge in [-0.05, 0) is 37.7 Å². The topological polar surface area (TPSA) is 36.4 Å². The van der Waals surface area contributed by atoms with Gasteiger partial charge in [0.2, 0.25) is 0 Å². The van der Waals surface area contributed by atoms with Crippen molar-refractivity contribution in [1.29, 1.82) is 0 Å². The molecule has 0 bridgehead atoms. The van der Waals surface area contributed by atoms with Gasteiger partial charge in [0.25, 0.3) is 0 Å². The van der Waals surface area contributed by atoms with Gasteiger partial charge in [-0.3, -0.25) is 5.43 Å². The van der Waals surface area contributed by atoms with Crippen molar-refractivity contribution < 1.29 is 0 Å². The van der Waals surface area contributed by atoms with Crippen LogP contribution in [0.2, 0.25) is 0 Å². The average molecular weight is 235 g/mol.